The van der Waals surface area contributed by atoms with Crippen LogP contribution >= 0.6 is 0 Å². The molecule has 0 N–H and O–H groups in total. The molecule has 0 atom stereocenters. The highest BCUT2D eigenvalue weighted by Crippen LogP contribution is 2.32. The van der Waals surface area contributed by atoms with Gasteiger partial charge in [-0.3, -0.25) is 9.59 Å². The van der Waals surface area contributed by atoms with Gasteiger partial charge < -0.3 is 33.5 Å². The Morgan fingerprint density at radius 1 is 0.955 bits per heavy atom. The van der Waals surface area contributed by atoms with Crippen molar-refractivity contribution in [2.24, 2.45) is 0 Å². The Morgan fingerprint density at radius 3 is 2.34 bits per heavy atom. The Bertz CT molecular complexity index is 1580. The van der Waals surface area contributed by atoms with E-state index < -0.39 is 5.60 Å². The first-order chi connectivity index (χ1) is 20.9. The Labute approximate surface area is 259 Å². The molecule has 0 bridgehead atoms. The molecule has 3 aromatic rings. The summed E-state index contributed by atoms with van der Waals surface area (Å²) in [4.78, 5) is 44.9. The molecule has 3 heterocycles. The maximum atomic E-state index is 13.4. The van der Waals surface area contributed by atoms with Crippen LogP contribution in [0.1, 0.15) is 55.1 Å². The molecular formula is C34H44N4O6. The summed E-state index contributed by atoms with van der Waals surface area (Å²) in [6, 6.07) is 13.1. The van der Waals surface area contributed by atoms with Crippen molar-refractivity contribution in [3.63, 3.8) is 0 Å². The number of aryl methyl sites for hydroxylation is 1. The summed E-state index contributed by atoms with van der Waals surface area (Å²) in [5.41, 5.74) is 2.50. The highest BCUT2D eigenvalue weighted by atomic mass is 16.6. The van der Waals surface area contributed by atoms with Gasteiger partial charge in [-0.2, -0.15) is 0 Å². The molecule has 10 nitrogen and oxygen atoms in total. The van der Waals surface area contributed by atoms with E-state index in [2.05, 4.69) is 4.90 Å². The van der Waals surface area contributed by atoms with Crippen LogP contribution in [0.25, 0.3) is 10.9 Å². The maximum Gasteiger partial charge on any atom is 0.410 e. The number of hydrogen-bond donors (Lipinski definition) is 0. The Hall–Kier alpha value is -4.05. The molecule has 10 heteroatoms. The van der Waals surface area contributed by atoms with Crippen molar-refractivity contribution in [1.82, 2.24) is 19.3 Å². The number of benzene rings is 2. The first kappa shape index (κ1) is 31.4. The van der Waals surface area contributed by atoms with Crippen LogP contribution in [-0.4, -0.2) is 89.9 Å². The zero-order valence-electron chi connectivity index (χ0n) is 26.7. The van der Waals surface area contributed by atoms with Crippen molar-refractivity contribution in [2.45, 2.75) is 65.3 Å². The number of carbonyl (C=O) groups excluding carboxylic acids is 2. The quantitative estimate of drug-likeness (QED) is 0.387. The second-order valence-corrected chi connectivity index (χ2v) is 12.9. The summed E-state index contributed by atoms with van der Waals surface area (Å²) >= 11 is 0. The summed E-state index contributed by atoms with van der Waals surface area (Å²) in [5.74, 6) is 1.32. The molecule has 5 rings (SSSR count). The molecule has 0 radical (unpaired) electrons. The molecule has 0 aliphatic carbocycles. The largest absolute Gasteiger partial charge is 0.486 e. The van der Waals surface area contributed by atoms with Crippen LogP contribution in [0.5, 0.6) is 11.5 Å². The van der Waals surface area contributed by atoms with Gasteiger partial charge in [-0.25, -0.2) is 4.79 Å². The Kier molecular flexibility index (Phi) is 9.20. The number of aromatic nitrogens is 1. The van der Waals surface area contributed by atoms with E-state index in [0.717, 1.165) is 53.7 Å². The second kappa shape index (κ2) is 12.9. The van der Waals surface area contributed by atoms with Gasteiger partial charge >= 0.3 is 6.09 Å². The van der Waals surface area contributed by atoms with Gasteiger partial charge in [-0.05, 0) is 75.9 Å². The van der Waals surface area contributed by atoms with Gasteiger partial charge in [-0.15, -0.1) is 0 Å². The molecular weight excluding hydrogens is 560 g/mol. The van der Waals surface area contributed by atoms with Crippen LogP contribution in [-0.2, 0) is 17.8 Å². The standard InChI is InChI=1S/C34H44N4O6/c1-23-19-31(39)37(28-21-25(8-9-27(23)28)32(40)35(5)6)16-15-36-13-11-26(12-14-36)38(33(41)44-34(2,3)4)22-24-7-10-29-30(20-24)43-18-17-42-29/h7-10,19-21,26H,11-18,22H2,1-6H3. The highest BCUT2D eigenvalue weighted by molar-refractivity contribution is 5.98. The lowest BCUT2D eigenvalue weighted by Gasteiger charge is -2.39. The van der Waals surface area contributed by atoms with Crippen LogP contribution in [0.2, 0.25) is 0 Å². The average molecular weight is 605 g/mol. The molecule has 44 heavy (non-hydrogen) atoms. The maximum absolute atomic E-state index is 13.4. The third-order valence-corrected chi connectivity index (χ3v) is 8.20. The number of hydrogen-bond acceptors (Lipinski definition) is 7. The predicted octanol–water partition coefficient (Wildman–Crippen LogP) is 4.68. The fraction of sp³-hybridized carbons (Fsp3) is 0.500. The number of pyridine rings is 1. The molecule has 0 saturated carbocycles. The third-order valence-electron chi connectivity index (χ3n) is 8.20. The highest BCUT2D eigenvalue weighted by Gasteiger charge is 2.31. The van der Waals surface area contributed by atoms with Crippen molar-refractivity contribution in [1.29, 1.82) is 0 Å². The second-order valence-electron chi connectivity index (χ2n) is 12.9. The number of piperidine rings is 1. The van der Waals surface area contributed by atoms with E-state index in [0.29, 0.717) is 44.2 Å². The minimum atomic E-state index is -0.607. The first-order valence-corrected chi connectivity index (χ1v) is 15.4. The lowest BCUT2D eigenvalue weighted by Crippen LogP contribution is -2.49. The third kappa shape index (κ3) is 7.18. The van der Waals surface area contributed by atoms with Crippen molar-refractivity contribution in [3.8, 4) is 11.5 Å². The summed E-state index contributed by atoms with van der Waals surface area (Å²) in [5, 5.41) is 0.964. The minimum Gasteiger partial charge on any atom is -0.486 e. The monoisotopic (exact) mass is 604 g/mol. The van der Waals surface area contributed by atoms with E-state index >= 15 is 0 Å². The molecule has 1 saturated heterocycles. The van der Waals surface area contributed by atoms with Crippen molar-refractivity contribution in [3.05, 3.63) is 69.5 Å². The first-order valence-electron chi connectivity index (χ1n) is 15.4. The fourth-order valence-corrected chi connectivity index (χ4v) is 5.91. The normalized spacial score (nSPS) is 15.7. The molecule has 0 unspecified atom stereocenters. The number of carbonyl (C=O) groups is 2. The molecule has 2 aliphatic heterocycles. The van der Waals surface area contributed by atoms with Crippen LogP contribution < -0.4 is 15.0 Å². The number of likely N-dealkylation sites (tertiary alicyclic amines) is 1. The SMILES string of the molecule is Cc1cc(=O)n(CCN2CCC(N(Cc3ccc4c(c3)OCCO4)C(=O)OC(C)(C)C)CC2)c2cc(C(=O)N(C)C)ccc12. The van der Waals surface area contributed by atoms with Crippen molar-refractivity contribution < 1.29 is 23.8 Å². The number of fused-ring (bicyclic) bond motifs is 2. The smallest absolute Gasteiger partial charge is 0.410 e. The van der Waals surface area contributed by atoms with Crippen LogP contribution in [0.4, 0.5) is 4.79 Å². The number of nitrogens with zero attached hydrogens (tertiary/aromatic N) is 4. The molecule has 2 aliphatic rings. The van der Waals surface area contributed by atoms with E-state index in [4.69, 9.17) is 14.2 Å². The Morgan fingerprint density at radius 2 is 1.66 bits per heavy atom. The molecule has 0 spiro atoms. The molecule has 1 fully saturated rings. The number of rotatable bonds is 7. The van der Waals surface area contributed by atoms with Gasteiger partial charge in [0.05, 0.1) is 5.52 Å². The van der Waals surface area contributed by atoms with Gasteiger partial charge in [0.25, 0.3) is 11.5 Å². The lowest BCUT2D eigenvalue weighted by atomic mass is 10.0. The zero-order chi connectivity index (χ0) is 31.6. The molecule has 1 aromatic heterocycles. The summed E-state index contributed by atoms with van der Waals surface area (Å²) in [6.45, 7) is 11.8. The van der Waals surface area contributed by atoms with E-state index in [1.54, 1.807) is 24.7 Å². The zero-order valence-corrected chi connectivity index (χ0v) is 26.7. The van der Waals surface area contributed by atoms with Gasteiger partial charge in [0.15, 0.2) is 11.5 Å². The average Bonchev–Trinajstić information content (AvgIpc) is 2.98. The Balaban J connectivity index is 1.28. The molecule has 2 amide bonds. The predicted molar refractivity (Wildman–Crippen MR) is 170 cm³/mol. The van der Waals surface area contributed by atoms with Gasteiger partial charge in [0.1, 0.15) is 18.8 Å². The van der Waals surface area contributed by atoms with Crippen LogP contribution in [0, 0.1) is 6.92 Å². The molecule has 2 aromatic carbocycles. The minimum absolute atomic E-state index is 0.0110. The number of amides is 2. The van der Waals surface area contributed by atoms with E-state index in [-0.39, 0.29) is 23.6 Å². The summed E-state index contributed by atoms with van der Waals surface area (Å²) < 4.78 is 19.0. The fourth-order valence-electron chi connectivity index (χ4n) is 5.91. The van der Waals surface area contributed by atoms with Crippen molar-refractivity contribution >= 4 is 22.9 Å². The van der Waals surface area contributed by atoms with E-state index in [1.165, 1.54) is 4.90 Å². The summed E-state index contributed by atoms with van der Waals surface area (Å²) in [7, 11) is 3.44. The summed E-state index contributed by atoms with van der Waals surface area (Å²) in [6.07, 6.45) is 1.25. The van der Waals surface area contributed by atoms with E-state index in [1.807, 2.05) is 69.0 Å². The van der Waals surface area contributed by atoms with Gasteiger partial charge in [-0.1, -0.05) is 12.1 Å². The van der Waals surface area contributed by atoms with Crippen LogP contribution in [0.3, 0.4) is 0 Å². The number of ether oxygens (including phenoxy) is 3. The van der Waals surface area contributed by atoms with Crippen LogP contribution in [0.15, 0.2) is 47.3 Å². The van der Waals surface area contributed by atoms with Crippen molar-refractivity contribution in [2.75, 3.05) is 46.9 Å². The molecule has 236 valence electrons. The topological polar surface area (TPSA) is 93.6 Å². The lowest BCUT2D eigenvalue weighted by molar-refractivity contribution is 0.00561. The van der Waals surface area contributed by atoms with E-state index in [9.17, 15) is 14.4 Å². The van der Waals surface area contributed by atoms with Gasteiger partial charge in [0.2, 0.25) is 0 Å². The van der Waals surface area contributed by atoms with Gasteiger partial charge in [0, 0.05) is 69.9 Å².